The number of aliphatic carboxylic acids is 1. The highest BCUT2D eigenvalue weighted by atomic mass is 79.9. The Morgan fingerprint density at radius 2 is 2.03 bits per heavy atom. The number of halogens is 1. The minimum atomic E-state index is -3.72. The quantitative estimate of drug-likeness (QED) is 0.364. The highest BCUT2D eigenvalue weighted by molar-refractivity contribution is 9.10. The van der Waals surface area contributed by atoms with Gasteiger partial charge in [0.1, 0.15) is 11.9 Å². The van der Waals surface area contributed by atoms with Crippen LogP contribution in [0.3, 0.4) is 0 Å². The number of fused-ring (bicyclic) bond motifs is 1. The van der Waals surface area contributed by atoms with Crippen LogP contribution in [0.15, 0.2) is 59.2 Å². The predicted octanol–water partition coefficient (Wildman–Crippen LogP) is 4.07. The van der Waals surface area contributed by atoms with Crippen LogP contribution in [0.5, 0.6) is 0 Å². The van der Waals surface area contributed by atoms with Gasteiger partial charge in [-0.2, -0.15) is 13.9 Å². The molecule has 0 spiro atoms. The zero-order valence-corrected chi connectivity index (χ0v) is 23.8. The molecule has 1 aliphatic heterocycles. The molecule has 1 saturated heterocycles. The highest BCUT2D eigenvalue weighted by Crippen LogP contribution is 2.37. The Hall–Kier alpha value is -3.09. The van der Waals surface area contributed by atoms with Crippen molar-refractivity contribution >= 4 is 54.7 Å². The standard InChI is InChI=1S/C20H24BrN5O4S.C5H9N/c1-4-5-6-7-12(2)14-10-23-26-18(22)16(21)17(24-19(14)26)13-8-9-15(20(27)28)25(11-13)31(3,29)30;1-4-5(2)6-3/h4-7,10,13,15H,2,8-9,11,22H2,1,3H3,(H,27,28);4H,1H2,2-3H3/b5-4-,7-6+;. The van der Waals surface area contributed by atoms with Gasteiger partial charge in [0, 0.05) is 30.8 Å². The lowest BCUT2D eigenvalue weighted by Crippen LogP contribution is -2.49. The molecular formula is C25H33BrN6O4S. The van der Waals surface area contributed by atoms with E-state index in [4.69, 9.17) is 10.7 Å². The Labute approximate surface area is 226 Å². The van der Waals surface area contributed by atoms with E-state index in [2.05, 4.69) is 39.2 Å². The molecule has 1 aliphatic rings. The molecule has 2 aromatic heterocycles. The van der Waals surface area contributed by atoms with E-state index in [1.54, 1.807) is 19.3 Å². The molecule has 10 nitrogen and oxygen atoms in total. The number of carbonyl (C=O) groups is 1. The van der Waals surface area contributed by atoms with Crippen LogP contribution in [0.1, 0.15) is 43.9 Å². The Kier molecular flexibility index (Phi) is 10.5. The van der Waals surface area contributed by atoms with Crippen molar-refractivity contribution in [1.29, 1.82) is 0 Å². The number of hydrogen-bond donors (Lipinski definition) is 2. The molecule has 0 amide bonds. The van der Waals surface area contributed by atoms with E-state index < -0.39 is 22.0 Å². The van der Waals surface area contributed by atoms with Gasteiger partial charge in [0.15, 0.2) is 5.65 Å². The summed E-state index contributed by atoms with van der Waals surface area (Å²) in [7, 11) is -1.97. The molecule has 12 heteroatoms. The maximum Gasteiger partial charge on any atom is 0.322 e. The minimum absolute atomic E-state index is 0.00261. The fraction of sp³-hybridized carbons (Fsp3) is 0.360. The molecule has 0 aromatic carbocycles. The van der Waals surface area contributed by atoms with Crippen LogP contribution < -0.4 is 5.73 Å². The van der Waals surface area contributed by atoms with Gasteiger partial charge in [-0.05, 0) is 54.3 Å². The van der Waals surface area contributed by atoms with E-state index in [0.29, 0.717) is 39.2 Å². The lowest BCUT2D eigenvalue weighted by Gasteiger charge is -2.35. The van der Waals surface area contributed by atoms with Gasteiger partial charge in [-0.3, -0.25) is 9.79 Å². The van der Waals surface area contributed by atoms with Crippen LogP contribution in [-0.2, 0) is 14.8 Å². The summed E-state index contributed by atoms with van der Waals surface area (Å²) in [4.78, 5) is 20.1. The zero-order valence-electron chi connectivity index (χ0n) is 21.4. The van der Waals surface area contributed by atoms with Crippen molar-refractivity contribution in [3.63, 3.8) is 0 Å². The predicted molar refractivity (Wildman–Crippen MR) is 152 cm³/mol. The summed E-state index contributed by atoms with van der Waals surface area (Å²) in [5, 5.41) is 13.8. The molecular weight excluding hydrogens is 560 g/mol. The molecule has 200 valence electrons. The van der Waals surface area contributed by atoms with Crippen molar-refractivity contribution < 1.29 is 18.3 Å². The SMILES string of the molecule is C=C(/C=C/C=C\C)c1cnn2c(N)c(Br)c(C3CCC(C(=O)O)N(S(C)(=O)=O)C3)nc12.C=CC(C)=NC. The Bertz CT molecular complexity index is 1380. The largest absolute Gasteiger partial charge is 0.480 e. The topological polar surface area (TPSA) is 143 Å². The van der Waals surface area contributed by atoms with E-state index in [-0.39, 0.29) is 18.9 Å². The molecule has 2 unspecified atom stereocenters. The second-order valence-electron chi connectivity index (χ2n) is 8.43. The van der Waals surface area contributed by atoms with Crippen LogP contribution in [-0.4, -0.2) is 70.0 Å². The number of sulfonamides is 1. The molecule has 2 aromatic rings. The molecule has 37 heavy (non-hydrogen) atoms. The van der Waals surface area contributed by atoms with Gasteiger partial charge in [-0.15, -0.1) is 0 Å². The van der Waals surface area contributed by atoms with Crippen molar-refractivity contribution in [2.75, 3.05) is 25.6 Å². The zero-order chi connectivity index (χ0) is 27.9. The lowest BCUT2D eigenvalue weighted by atomic mass is 9.91. The fourth-order valence-corrected chi connectivity index (χ4v) is 5.44. The third-order valence-corrected chi connectivity index (χ3v) is 7.95. The third-order valence-electron chi connectivity index (χ3n) is 5.88. The Balaban J connectivity index is 0.000000717. The van der Waals surface area contributed by atoms with E-state index in [9.17, 15) is 18.3 Å². The maximum atomic E-state index is 12.2. The first kappa shape index (κ1) is 30.1. The van der Waals surface area contributed by atoms with Crippen LogP contribution in [0.2, 0.25) is 0 Å². The van der Waals surface area contributed by atoms with Gasteiger partial charge >= 0.3 is 5.97 Å². The monoisotopic (exact) mass is 592 g/mol. The first-order valence-electron chi connectivity index (χ1n) is 11.4. The minimum Gasteiger partial charge on any atom is -0.480 e. The molecule has 0 saturated carbocycles. The van der Waals surface area contributed by atoms with Crippen LogP contribution >= 0.6 is 15.9 Å². The molecule has 3 heterocycles. The number of rotatable bonds is 7. The smallest absolute Gasteiger partial charge is 0.322 e. The molecule has 0 radical (unpaired) electrons. The third kappa shape index (κ3) is 7.24. The Morgan fingerprint density at radius 1 is 1.35 bits per heavy atom. The lowest BCUT2D eigenvalue weighted by molar-refractivity contribution is -0.142. The Morgan fingerprint density at radius 3 is 2.54 bits per heavy atom. The fourth-order valence-electron chi connectivity index (χ4n) is 3.75. The summed E-state index contributed by atoms with van der Waals surface area (Å²) in [5.74, 6) is -1.17. The van der Waals surface area contributed by atoms with Gasteiger partial charge in [0.05, 0.1) is 22.6 Å². The van der Waals surface area contributed by atoms with Crippen molar-refractivity contribution in [2.45, 2.75) is 38.6 Å². The number of piperidine rings is 1. The molecule has 0 bridgehead atoms. The molecule has 2 atom stereocenters. The highest BCUT2D eigenvalue weighted by Gasteiger charge is 2.40. The van der Waals surface area contributed by atoms with Crippen molar-refractivity contribution in [2.24, 2.45) is 4.99 Å². The van der Waals surface area contributed by atoms with Gasteiger partial charge in [0.25, 0.3) is 0 Å². The number of aliphatic imine (C=N–C) groups is 1. The maximum absolute atomic E-state index is 12.2. The summed E-state index contributed by atoms with van der Waals surface area (Å²) in [6.07, 6.45) is 12.5. The van der Waals surface area contributed by atoms with Crippen molar-refractivity contribution in [1.82, 2.24) is 18.9 Å². The van der Waals surface area contributed by atoms with Gasteiger partial charge < -0.3 is 10.8 Å². The first-order valence-corrected chi connectivity index (χ1v) is 14.1. The number of aromatic nitrogens is 3. The average Bonchev–Trinajstić information content (AvgIpc) is 3.29. The second-order valence-corrected chi connectivity index (χ2v) is 11.2. The number of nitrogens with zero attached hydrogens (tertiary/aromatic N) is 5. The summed E-state index contributed by atoms with van der Waals surface area (Å²) in [6, 6.07) is -1.09. The number of hydrogen-bond acceptors (Lipinski definition) is 7. The van der Waals surface area contributed by atoms with E-state index in [0.717, 1.165) is 16.3 Å². The number of allylic oxidation sites excluding steroid dienone is 6. The van der Waals surface area contributed by atoms with Gasteiger partial charge in [0.2, 0.25) is 10.0 Å². The van der Waals surface area contributed by atoms with Crippen LogP contribution in [0.4, 0.5) is 5.82 Å². The number of nitrogen functional groups attached to an aromatic ring is 1. The molecule has 3 rings (SSSR count). The van der Waals surface area contributed by atoms with Gasteiger partial charge in [-0.1, -0.05) is 37.5 Å². The van der Waals surface area contributed by atoms with Crippen molar-refractivity contribution in [3.8, 4) is 0 Å². The molecule has 1 fully saturated rings. The van der Waals surface area contributed by atoms with E-state index in [1.165, 1.54) is 4.52 Å². The normalized spacial score (nSPS) is 19.2. The molecule has 0 aliphatic carbocycles. The second kappa shape index (κ2) is 12.9. The summed E-state index contributed by atoms with van der Waals surface area (Å²) in [6.45, 7) is 11.4. The summed E-state index contributed by atoms with van der Waals surface area (Å²) in [5.41, 5.74) is 9.72. The van der Waals surface area contributed by atoms with E-state index >= 15 is 0 Å². The summed E-state index contributed by atoms with van der Waals surface area (Å²) < 4.78 is 27.5. The van der Waals surface area contributed by atoms with Crippen LogP contribution in [0, 0.1) is 0 Å². The number of anilines is 1. The van der Waals surface area contributed by atoms with Gasteiger partial charge in [-0.25, -0.2) is 13.4 Å². The number of carboxylic acids is 1. The van der Waals surface area contributed by atoms with Crippen molar-refractivity contribution in [3.05, 3.63) is 65.5 Å². The number of nitrogens with two attached hydrogens (primary N) is 1. The molecule has 3 N–H and O–H groups in total. The van der Waals surface area contributed by atoms with Crippen LogP contribution in [0.25, 0.3) is 11.2 Å². The first-order chi connectivity index (χ1) is 17.4. The van der Waals surface area contributed by atoms with E-state index in [1.807, 2.05) is 38.2 Å². The number of carboxylic acid groups (broad SMARTS) is 1. The average molecular weight is 594 g/mol. The summed E-state index contributed by atoms with van der Waals surface area (Å²) >= 11 is 3.47.